The molecule has 0 saturated heterocycles. The van der Waals surface area contributed by atoms with E-state index in [2.05, 4.69) is 26.6 Å². The molecule has 176 valence electrons. The number of halogens is 2. The zero-order chi connectivity index (χ0) is 24.5. The van der Waals surface area contributed by atoms with Crippen LogP contribution in [0.2, 0.25) is 5.02 Å². The van der Waals surface area contributed by atoms with E-state index in [1.807, 2.05) is 25.1 Å². The number of hydrogen-bond donors (Lipinski definition) is 2. The zero-order valence-corrected chi connectivity index (χ0v) is 20.6. The van der Waals surface area contributed by atoms with Gasteiger partial charge in [0.15, 0.2) is 6.61 Å². The molecule has 34 heavy (non-hydrogen) atoms. The number of rotatable bonds is 9. The molecule has 0 radical (unpaired) electrons. The summed E-state index contributed by atoms with van der Waals surface area (Å²) in [5, 5.41) is 5.84. The lowest BCUT2D eigenvalue weighted by molar-refractivity contribution is -0.147. The minimum atomic E-state index is -0.638. The predicted octanol–water partition coefficient (Wildman–Crippen LogP) is 6.10. The molecule has 0 unspecified atom stereocenters. The van der Waals surface area contributed by atoms with Gasteiger partial charge >= 0.3 is 5.97 Å². The number of carbonyl (C=O) groups excluding carboxylic acids is 3. The second-order valence-corrected chi connectivity index (χ2v) is 8.54. The van der Waals surface area contributed by atoms with Gasteiger partial charge in [0.2, 0.25) is 5.91 Å². The molecule has 0 spiro atoms. The van der Waals surface area contributed by atoms with Gasteiger partial charge in [-0.3, -0.25) is 14.4 Å². The molecule has 0 bridgehead atoms. The molecule has 2 amide bonds. The number of esters is 1. The largest absolute Gasteiger partial charge is 0.456 e. The average Bonchev–Trinajstić information content (AvgIpc) is 2.81. The first-order valence-corrected chi connectivity index (χ1v) is 11.5. The normalized spacial score (nSPS) is 10.3. The standard InChI is InChI=1S/C25H22BrClN2O5/c1-16-14-18(8-11-20(16)26)29-24(31)15-33-25(32)13-12-23(30)28-17-6-9-19(10-7-17)34-22-5-3-2-4-21(22)27/h2-11,14H,12-13,15H2,1H3,(H,28,30)(H,29,31). The molecular weight excluding hydrogens is 524 g/mol. The molecule has 2 N–H and O–H groups in total. The number of aryl methyl sites for hydroxylation is 1. The lowest BCUT2D eigenvalue weighted by Crippen LogP contribution is -2.21. The summed E-state index contributed by atoms with van der Waals surface area (Å²) < 4.78 is 11.6. The van der Waals surface area contributed by atoms with Crippen LogP contribution < -0.4 is 15.4 Å². The summed E-state index contributed by atoms with van der Waals surface area (Å²) in [5.74, 6) is -0.364. The van der Waals surface area contributed by atoms with Gasteiger partial charge in [-0.15, -0.1) is 0 Å². The van der Waals surface area contributed by atoms with Gasteiger partial charge in [-0.2, -0.15) is 0 Å². The molecule has 3 aromatic rings. The van der Waals surface area contributed by atoms with Crippen molar-refractivity contribution in [1.29, 1.82) is 0 Å². The number of hydrogen-bond acceptors (Lipinski definition) is 5. The number of amides is 2. The highest BCUT2D eigenvalue weighted by Crippen LogP contribution is 2.29. The Kier molecular flexibility index (Phi) is 9.07. The van der Waals surface area contributed by atoms with Crippen molar-refractivity contribution in [3.63, 3.8) is 0 Å². The molecular formula is C25H22BrClN2O5. The Morgan fingerprint density at radius 1 is 0.882 bits per heavy atom. The summed E-state index contributed by atoms with van der Waals surface area (Å²) in [5.41, 5.74) is 2.11. The Hall–Kier alpha value is -3.36. The topological polar surface area (TPSA) is 93.7 Å². The van der Waals surface area contributed by atoms with E-state index in [-0.39, 0.29) is 18.7 Å². The Labute approximate surface area is 210 Å². The van der Waals surface area contributed by atoms with E-state index in [0.29, 0.717) is 27.9 Å². The van der Waals surface area contributed by atoms with Crippen LogP contribution in [0.15, 0.2) is 71.2 Å². The van der Waals surface area contributed by atoms with Gasteiger partial charge in [-0.25, -0.2) is 0 Å². The minimum Gasteiger partial charge on any atom is -0.456 e. The maximum absolute atomic E-state index is 12.1. The quantitative estimate of drug-likeness (QED) is 0.317. The maximum Gasteiger partial charge on any atom is 0.306 e. The van der Waals surface area contributed by atoms with Crippen molar-refractivity contribution in [2.75, 3.05) is 17.2 Å². The molecule has 0 saturated carbocycles. The van der Waals surface area contributed by atoms with E-state index in [9.17, 15) is 14.4 Å². The number of anilines is 2. The number of ether oxygens (including phenoxy) is 2. The molecule has 0 aliphatic carbocycles. The van der Waals surface area contributed by atoms with Crippen LogP contribution in [0.25, 0.3) is 0 Å². The fourth-order valence-corrected chi connectivity index (χ4v) is 3.26. The summed E-state index contributed by atoms with van der Waals surface area (Å²) in [6.07, 6.45) is -0.228. The molecule has 0 aromatic heterocycles. The summed E-state index contributed by atoms with van der Waals surface area (Å²) in [6, 6.07) is 19.2. The highest BCUT2D eigenvalue weighted by molar-refractivity contribution is 9.10. The third kappa shape index (κ3) is 7.90. The lowest BCUT2D eigenvalue weighted by Gasteiger charge is -2.09. The van der Waals surface area contributed by atoms with Crippen LogP contribution in [-0.2, 0) is 19.1 Å². The van der Waals surface area contributed by atoms with Gasteiger partial charge in [0.05, 0.1) is 11.4 Å². The van der Waals surface area contributed by atoms with Crippen LogP contribution in [0.1, 0.15) is 18.4 Å². The van der Waals surface area contributed by atoms with Crippen molar-refractivity contribution in [3.05, 3.63) is 81.8 Å². The molecule has 0 atom stereocenters. The van der Waals surface area contributed by atoms with Crippen molar-refractivity contribution in [1.82, 2.24) is 0 Å². The second-order valence-electron chi connectivity index (χ2n) is 7.28. The number of carbonyl (C=O) groups is 3. The molecule has 0 heterocycles. The molecule has 0 aliphatic heterocycles. The summed E-state index contributed by atoms with van der Waals surface area (Å²) in [4.78, 5) is 36.0. The molecule has 3 rings (SSSR count). The van der Waals surface area contributed by atoms with Crippen molar-refractivity contribution in [3.8, 4) is 11.5 Å². The third-order valence-corrected chi connectivity index (χ3v) is 5.77. The SMILES string of the molecule is Cc1cc(NC(=O)COC(=O)CCC(=O)Nc2ccc(Oc3ccccc3Cl)cc2)ccc1Br. The lowest BCUT2D eigenvalue weighted by atomic mass is 10.2. The van der Waals surface area contributed by atoms with Gasteiger partial charge in [-0.05, 0) is 67.1 Å². The third-order valence-electron chi connectivity index (χ3n) is 4.56. The van der Waals surface area contributed by atoms with Crippen molar-refractivity contribution >= 4 is 56.7 Å². The fourth-order valence-electron chi connectivity index (χ4n) is 2.84. The highest BCUT2D eigenvalue weighted by atomic mass is 79.9. The Balaban J connectivity index is 1.37. The monoisotopic (exact) mass is 544 g/mol. The summed E-state index contributed by atoms with van der Waals surface area (Å²) >= 11 is 9.47. The van der Waals surface area contributed by atoms with Crippen molar-refractivity contribution < 1.29 is 23.9 Å². The van der Waals surface area contributed by atoms with Gasteiger partial charge in [-0.1, -0.05) is 39.7 Å². The molecule has 0 fully saturated rings. The van der Waals surface area contributed by atoms with E-state index in [4.69, 9.17) is 21.1 Å². The maximum atomic E-state index is 12.1. The van der Waals surface area contributed by atoms with Gasteiger partial charge in [0.1, 0.15) is 11.5 Å². The molecule has 3 aromatic carbocycles. The first-order valence-electron chi connectivity index (χ1n) is 10.3. The first-order chi connectivity index (χ1) is 16.3. The van der Waals surface area contributed by atoms with Crippen LogP contribution in [0.5, 0.6) is 11.5 Å². The Bertz CT molecular complexity index is 1180. The van der Waals surface area contributed by atoms with Crippen LogP contribution >= 0.6 is 27.5 Å². The average molecular weight is 546 g/mol. The zero-order valence-electron chi connectivity index (χ0n) is 18.3. The van der Waals surface area contributed by atoms with E-state index in [1.165, 1.54) is 0 Å². The van der Waals surface area contributed by atoms with Crippen LogP contribution in [0, 0.1) is 6.92 Å². The van der Waals surface area contributed by atoms with Crippen LogP contribution in [0.4, 0.5) is 11.4 Å². The van der Waals surface area contributed by atoms with Gasteiger partial charge in [0.25, 0.3) is 5.91 Å². The van der Waals surface area contributed by atoms with Crippen LogP contribution in [-0.4, -0.2) is 24.4 Å². The minimum absolute atomic E-state index is 0.0791. The molecule has 7 nitrogen and oxygen atoms in total. The highest BCUT2D eigenvalue weighted by Gasteiger charge is 2.12. The number of nitrogens with one attached hydrogen (secondary N) is 2. The van der Waals surface area contributed by atoms with Gasteiger partial charge in [0, 0.05) is 22.3 Å². The fraction of sp³-hybridized carbons (Fsp3) is 0.160. The first kappa shape index (κ1) is 25.3. The summed E-state index contributed by atoms with van der Waals surface area (Å²) in [6.45, 7) is 1.47. The van der Waals surface area contributed by atoms with Crippen molar-refractivity contribution in [2.24, 2.45) is 0 Å². The molecule has 9 heteroatoms. The van der Waals surface area contributed by atoms with Crippen LogP contribution in [0.3, 0.4) is 0 Å². The van der Waals surface area contributed by atoms with E-state index >= 15 is 0 Å². The van der Waals surface area contributed by atoms with E-state index in [1.54, 1.807) is 48.5 Å². The Morgan fingerprint density at radius 3 is 2.26 bits per heavy atom. The molecule has 0 aliphatic rings. The number of benzene rings is 3. The van der Waals surface area contributed by atoms with Gasteiger partial charge < -0.3 is 20.1 Å². The predicted molar refractivity (Wildman–Crippen MR) is 134 cm³/mol. The smallest absolute Gasteiger partial charge is 0.306 e. The van der Waals surface area contributed by atoms with E-state index in [0.717, 1.165) is 10.0 Å². The van der Waals surface area contributed by atoms with E-state index < -0.39 is 18.5 Å². The van der Waals surface area contributed by atoms with Crippen molar-refractivity contribution in [2.45, 2.75) is 19.8 Å². The summed E-state index contributed by atoms with van der Waals surface area (Å²) in [7, 11) is 0. The second kappa shape index (κ2) is 12.2. The number of para-hydroxylation sites is 1. The Morgan fingerprint density at radius 2 is 1.56 bits per heavy atom.